The zero-order valence-electron chi connectivity index (χ0n) is 11.7. The summed E-state index contributed by atoms with van der Waals surface area (Å²) in [7, 11) is 1.65. The van der Waals surface area contributed by atoms with Crippen LogP contribution in [0.15, 0.2) is 42.5 Å². The maximum atomic E-state index is 5.97. The van der Waals surface area contributed by atoms with Gasteiger partial charge in [0.05, 0.1) is 6.61 Å². The molecule has 3 nitrogen and oxygen atoms in total. The molecule has 0 radical (unpaired) electrons. The Labute approximate surface area is 134 Å². The third kappa shape index (κ3) is 5.46. The van der Waals surface area contributed by atoms with E-state index in [2.05, 4.69) is 5.32 Å². The van der Waals surface area contributed by atoms with Gasteiger partial charge in [-0.1, -0.05) is 23.2 Å². The van der Waals surface area contributed by atoms with Crippen LogP contribution in [0.2, 0.25) is 10.0 Å². The topological polar surface area (TPSA) is 30.5 Å². The van der Waals surface area contributed by atoms with Crippen LogP contribution in [0.4, 0.5) is 5.69 Å². The lowest BCUT2D eigenvalue weighted by atomic mass is 10.2. The second-order valence-electron chi connectivity index (χ2n) is 4.50. The molecule has 0 fully saturated rings. The highest BCUT2D eigenvalue weighted by Crippen LogP contribution is 2.21. The van der Waals surface area contributed by atoms with Crippen molar-refractivity contribution in [3.63, 3.8) is 0 Å². The van der Waals surface area contributed by atoms with E-state index in [1.807, 2.05) is 36.4 Å². The molecule has 0 atom stereocenters. The van der Waals surface area contributed by atoms with Crippen LogP contribution >= 0.6 is 23.2 Å². The molecule has 5 heteroatoms. The molecule has 0 aliphatic carbocycles. The van der Waals surface area contributed by atoms with E-state index in [1.54, 1.807) is 13.2 Å². The Hall–Kier alpha value is -1.42. The van der Waals surface area contributed by atoms with Gasteiger partial charge in [-0.2, -0.15) is 0 Å². The van der Waals surface area contributed by atoms with Crippen LogP contribution in [-0.4, -0.2) is 20.3 Å². The van der Waals surface area contributed by atoms with Gasteiger partial charge in [0, 0.05) is 29.4 Å². The van der Waals surface area contributed by atoms with Crippen LogP contribution in [0.1, 0.15) is 5.56 Å². The van der Waals surface area contributed by atoms with Crippen molar-refractivity contribution >= 4 is 28.9 Å². The molecule has 112 valence electrons. The first kappa shape index (κ1) is 16.0. The van der Waals surface area contributed by atoms with Crippen LogP contribution in [0.5, 0.6) is 5.75 Å². The third-order valence-corrected chi connectivity index (χ3v) is 3.27. The van der Waals surface area contributed by atoms with Crippen LogP contribution < -0.4 is 10.1 Å². The maximum Gasteiger partial charge on any atom is 0.119 e. The fourth-order valence-corrected chi connectivity index (χ4v) is 2.40. The molecule has 0 spiro atoms. The number of halogens is 2. The van der Waals surface area contributed by atoms with Gasteiger partial charge in [-0.3, -0.25) is 0 Å². The van der Waals surface area contributed by atoms with E-state index >= 15 is 0 Å². The van der Waals surface area contributed by atoms with Gasteiger partial charge in [0.2, 0.25) is 0 Å². The van der Waals surface area contributed by atoms with Crippen molar-refractivity contribution in [2.75, 3.05) is 25.6 Å². The number of ether oxygens (including phenoxy) is 2. The van der Waals surface area contributed by atoms with Crippen LogP contribution in [0.3, 0.4) is 0 Å². The number of hydrogen-bond acceptors (Lipinski definition) is 3. The highest BCUT2D eigenvalue weighted by Gasteiger charge is 1.99. The Kier molecular flexibility index (Phi) is 6.18. The smallest absolute Gasteiger partial charge is 0.119 e. The summed E-state index contributed by atoms with van der Waals surface area (Å²) in [5.41, 5.74) is 2.04. The average Bonchev–Trinajstić information content (AvgIpc) is 2.46. The molecule has 2 aromatic carbocycles. The third-order valence-electron chi connectivity index (χ3n) is 2.83. The van der Waals surface area contributed by atoms with Gasteiger partial charge in [-0.05, 0) is 48.0 Å². The average molecular weight is 326 g/mol. The quantitative estimate of drug-likeness (QED) is 0.753. The number of rotatable bonds is 7. The number of anilines is 1. The molecule has 0 unspecified atom stereocenters. The predicted octanol–water partition coefficient (Wildman–Crippen LogP) is 4.63. The Balaban J connectivity index is 1.88. The first-order chi connectivity index (χ1) is 10.2. The molecule has 0 aromatic heterocycles. The van der Waals surface area contributed by atoms with Crippen molar-refractivity contribution in [2.24, 2.45) is 0 Å². The maximum absolute atomic E-state index is 5.97. The summed E-state index contributed by atoms with van der Waals surface area (Å²) in [5.74, 6) is 0.823. The molecule has 2 aromatic rings. The highest BCUT2D eigenvalue weighted by molar-refractivity contribution is 6.34. The minimum absolute atomic E-state index is 0.546. The standard InChI is InChI=1S/C16H17Cl2NO2/c1-20-6-7-21-16-4-2-15(3-5-16)19-11-12-8-13(17)10-14(18)9-12/h2-5,8-10,19H,6-7,11H2,1H3. The minimum Gasteiger partial charge on any atom is -0.491 e. The summed E-state index contributed by atoms with van der Waals surface area (Å²) in [5, 5.41) is 4.59. The first-order valence-electron chi connectivity index (χ1n) is 6.58. The summed E-state index contributed by atoms with van der Waals surface area (Å²) in [6.07, 6.45) is 0. The molecular formula is C16H17Cl2NO2. The summed E-state index contributed by atoms with van der Waals surface area (Å²) in [4.78, 5) is 0. The largest absolute Gasteiger partial charge is 0.491 e. The van der Waals surface area contributed by atoms with Crippen molar-refractivity contribution in [1.29, 1.82) is 0 Å². The Morgan fingerprint density at radius 2 is 1.62 bits per heavy atom. The molecule has 0 bridgehead atoms. The van der Waals surface area contributed by atoms with E-state index in [0.717, 1.165) is 17.0 Å². The van der Waals surface area contributed by atoms with Gasteiger partial charge < -0.3 is 14.8 Å². The van der Waals surface area contributed by atoms with Gasteiger partial charge in [0.15, 0.2) is 0 Å². The lowest BCUT2D eigenvalue weighted by molar-refractivity contribution is 0.146. The van der Waals surface area contributed by atoms with E-state index in [1.165, 1.54) is 0 Å². The van der Waals surface area contributed by atoms with E-state index in [4.69, 9.17) is 32.7 Å². The summed E-state index contributed by atoms with van der Waals surface area (Å²) < 4.78 is 10.4. The fourth-order valence-electron chi connectivity index (χ4n) is 1.83. The lowest BCUT2D eigenvalue weighted by Crippen LogP contribution is -2.04. The van der Waals surface area contributed by atoms with E-state index < -0.39 is 0 Å². The summed E-state index contributed by atoms with van der Waals surface area (Å²) >= 11 is 11.9. The van der Waals surface area contributed by atoms with Gasteiger partial charge in [0.1, 0.15) is 12.4 Å². The summed E-state index contributed by atoms with van der Waals surface area (Å²) in [6, 6.07) is 13.3. The molecular weight excluding hydrogens is 309 g/mol. The number of hydrogen-bond donors (Lipinski definition) is 1. The van der Waals surface area contributed by atoms with Crippen molar-refractivity contribution in [3.8, 4) is 5.75 Å². The molecule has 0 amide bonds. The molecule has 1 N–H and O–H groups in total. The Morgan fingerprint density at radius 3 is 2.24 bits per heavy atom. The van der Waals surface area contributed by atoms with Crippen molar-refractivity contribution in [2.45, 2.75) is 6.54 Å². The zero-order chi connectivity index (χ0) is 15.1. The predicted molar refractivity (Wildman–Crippen MR) is 87.6 cm³/mol. The first-order valence-corrected chi connectivity index (χ1v) is 7.33. The molecule has 0 heterocycles. The van der Waals surface area contributed by atoms with Gasteiger partial charge in [-0.25, -0.2) is 0 Å². The number of methoxy groups -OCH3 is 1. The lowest BCUT2D eigenvalue weighted by Gasteiger charge is -2.09. The molecule has 21 heavy (non-hydrogen) atoms. The summed E-state index contributed by atoms with van der Waals surface area (Å²) in [6.45, 7) is 1.78. The van der Waals surface area contributed by atoms with Crippen LogP contribution in [0.25, 0.3) is 0 Å². The zero-order valence-corrected chi connectivity index (χ0v) is 13.2. The molecule has 0 aliphatic heterocycles. The van der Waals surface area contributed by atoms with E-state index in [9.17, 15) is 0 Å². The van der Waals surface area contributed by atoms with Crippen LogP contribution in [-0.2, 0) is 11.3 Å². The van der Waals surface area contributed by atoms with Crippen molar-refractivity contribution in [1.82, 2.24) is 0 Å². The number of benzene rings is 2. The second-order valence-corrected chi connectivity index (χ2v) is 5.37. The van der Waals surface area contributed by atoms with E-state index in [-0.39, 0.29) is 0 Å². The van der Waals surface area contributed by atoms with Gasteiger partial charge in [0.25, 0.3) is 0 Å². The molecule has 0 saturated carbocycles. The monoisotopic (exact) mass is 325 g/mol. The van der Waals surface area contributed by atoms with Crippen molar-refractivity contribution < 1.29 is 9.47 Å². The Morgan fingerprint density at radius 1 is 0.952 bits per heavy atom. The van der Waals surface area contributed by atoms with Crippen molar-refractivity contribution in [3.05, 3.63) is 58.1 Å². The van der Waals surface area contributed by atoms with E-state index in [0.29, 0.717) is 29.8 Å². The Bertz CT molecular complexity index is 553. The second kappa shape index (κ2) is 8.13. The van der Waals surface area contributed by atoms with Crippen LogP contribution in [0, 0.1) is 0 Å². The minimum atomic E-state index is 0.546. The number of nitrogens with one attached hydrogen (secondary N) is 1. The normalized spacial score (nSPS) is 10.4. The molecule has 0 saturated heterocycles. The SMILES string of the molecule is COCCOc1ccc(NCc2cc(Cl)cc(Cl)c2)cc1. The van der Waals surface area contributed by atoms with Gasteiger partial charge >= 0.3 is 0 Å². The van der Waals surface area contributed by atoms with Gasteiger partial charge in [-0.15, -0.1) is 0 Å². The fraction of sp³-hybridized carbons (Fsp3) is 0.250. The molecule has 0 aliphatic rings. The molecule has 2 rings (SSSR count). The highest BCUT2D eigenvalue weighted by atomic mass is 35.5.